The largest absolute Gasteiger partial charge is 0.269 e. The van der Waals surface area contributed by atoms with Crippen LogP contribution in [0.15, 0.2) is 22.7 Å². The quantitative estimate of drug-likeness (QED) is 0.618. The van der Waals surface area contributed by atoms with Gasteiger partial charge in [0.2, 0.25) is 0 Å². The Balaban J connectivity index is 3.14. The van der Waals surface area contributed by atoms with Crippen molar-refractivity contribution >= 4 is 21.6 Å². The monoisotopic (exact) mass is 261 g/mol. The Morgan fingerprint density at radius 2 is 2.29 bits per heavy atom. The highest BCUT2D eigenvalue weighted by molar-refractivity contribution is 9.10. The average Bonchev–Trinajstić information content (AvgIpc) is 2.17. The summed E-state index contributed by atoms with van der Waals surface area (Å²) in [7, 11) is 0. The maximum absolute atomic E-state index is 12.4. The van der Waals surface area contributed by atoms with Gasteiger partial charge in [0.15, 0.2) is 0 Å². The van der Waals surface area contributed by atoms with Gasteiger partial charge in [0.05, 0.1) is 11.6 Å². The fourth-order valence-corrected chi connectivity index (χ4v) is 1.74. The summed E-state index contributed by atoms with van der Waals surface area (Å²) in [5, 5.41) is 10.5. The van der Waals surface area contributed by atoms with Crippen LogP contribution in [-0.4, -0.2) is 11.6 Å². The average molecular weight is 262 g/mol. The van der Waals surface area contributed by atoms with Crippen LogP contribution in [0.4, 0.5) is 10.1 Å². The van der Waals surface area contributed by atoms with Gasteiger partial charge < -0.3 is 0 Å². The number of nitro groups is 1. The zero-order valence-electron chi connectivity index (χ0n) is 7.54. The van der Waals surface area contributed by atoms with E-state index in [4.69, 9.17) is 0 Å². The minimum absolute atomic E-state index is 0.0106. The van der Waals surface area contributed by atoms with Crippen molar-refractivity contribution in [1.29, 1.82) is 0 Å². The SMILES string of the molecule is CC(CF)c1cc([N+](=O)[O-])ccc1Br. The van der Waals surface area contributed by atoms with Gasteiger partial charge in [0.25, 0.3) is 5.69 Å². The first-order valence-electron chi connectivity index (χ1n) is 4.06. The summed E-state index contributed by atoms with van der Waals surface area (Å²) in [5.41, 5.74) is 0.616. The molecule has 1 aromatic rings. The third-order valence-corrected chi connectivity index (χ3v) is 2.67. The molecule has 0 spiro atoms. The van der Waals surface area contributed by atoms with E-state index in [1.165, 1.54) is 12.1 Å². The molecule has 0 N–H and O–H groups in total. The van der Waals surface area contributed by atoms with Gasteiger partial charge in [-0.05, 0) is 11.6 Å². The Kier molecular flexibility index (Phi) is 3.57. The van der Waals surface area contributed by atoms with E-state index in [-0.39, 0.29) is 11.6 Å². The number of hydrogen-bond donors (Lipinski definition) is 0. The molecule has 0 aliphatic carbocycles. The van der Waals surface area contributed by atoms with E-state index in [1.807, 2.05) is 0 Å². The van der Waals surface area contributed by atoms with Crippen molar-refractivity contribution in [2.75, 3.05) is 6.67 Å². The Morgan fingerprint density at radius 3 is 2.79 bits per heavy atom. The first kappa shape index (κ1) is 11.1. The van der Waals surface area contributed by atoms with E-state index in [9.17, 15) is 14.5 Å². The second kappa shape index (κ2) is 4.50. The molecule has 0 saturated heterocycles. The number of benzene rings is 1. The Morgan fingerprint density at radius 1 is 1.64 bits per heavy atom. The summed E-state index contributed by atoms with van der Waals surface area (Å²) in [4.78, 5) is 9.99. The molecule has 0 bridgehead atoms. The van der Waals surface area contributed by atoms with Crippen molar-refractivity contribution in [3.8, 4) is 0 Å². The molecular formula is C9H9BrFNO2. The van der Waals surface area contributed by atoms with E-state index in [0.717, 1.165) is 0 Å². The van der Waals surface area contributed by atoms with Crippen LogP contribution in [0.25, 0.3) is 0 Å². The molecule has 1 aromatic carbocycles. The fourth-order valence-electron chi connectivity index (χ4n) is 1.11. The lowest BCUT2D eigenvalue weighted by Crippen LogP contribution is -1.98. The zero-order chi connectivity index (χ0) is 10.7. The van der Waals surface area contributed by atoms with Crippen molar-refractivity contribution in [2.45, 2.75) is 12.8 Å². The number of nitro benzene ring substituents is 1. The number of non-ortho nitro benzene ring substituents is 1. The maximum atomic E-state index is 12.4. The van der Waals surface area contributed by atoms with Crippen LogP contribution in [0, 0.1) is 10.1 Å². The molecule has 1 rings (SSSR count). The highest BCUT2D eigenvalue weighted by Gasteiger charge is 2.14. The van der Waals surface area contributed by atoms with Crippen molar-refractivity contribution < 1.29 is 9.31 Å². The zero-order valence-corrected chi connectivity index (χ0v) is 9.12. The van der Waals surface area contributed by atoms with Crippen LogP contribution in [0.3, 0.4) is 0 Å². The second-order valence-electron chi connectivity index (χ2n) is 3.02. The molecule has 1 unspecified atom stereocenters. The summed E-state index contributed by atoms with van der Waals surface area (Å²) in [5.74, 6) is -0.329. The van der Waals surface area contributed by atoms with Crippen LogP contribution < -0.4 is 0 Å². The lowest BCUT2D eigenvalue weighted by atomic mass is 10.0. The van der Waals surface area contributed by atoms with Gasteiger partial charge in [-0.25, -0.2) is 0 Å². The molecule has 0 aromatic heterocycles. The van der Waals surface area contributed by atoms with E-state index in [2.05, 4.69) is 15.9 Å². The molecule has 76 valence electrons. The van der Waals surface area contributed by atoms with Gasteiger partial charge in [-0.1, -0.05) is 22.9 Å². The summed E-state index contributed by atoms with van der Waals surface area (Å²) >= 11 is 3.23. The molecule has 3 nitrogen and oxygen atoms in total. The third-order valence-electron chi connectivity index (χ3n) is 1.95. The van der Waals surface area contributed by atoms with Gasteiger partial charge in [-0.2, -0.15) is 0 Å². The summed E-state index contributed by atoms with van der Waals surface area (Å²) < 4.78 is 13.1. The van der Waals surface area contributed by atoms with Crippen LogP contribution in [0.1, 0.15) is 18.4 Å². The molecule has 0 heterocycles. The molecule has 0 saturated carbocycles. The molecule has 5 heteroatoms. The van der Waals surface area contributed by atoms with Crippen LogP contribution in [0.5, 0.6) is 0 Å². The Bertz CT molecular complexity index is 357. The van der Waals surface area contributed by atoms with Crippen molar-refractivity contribution in [3.05, 3.63) is 38.3 Å². The molecule has 1 atom stereocenters. The highest BCUT2D eigenvalue weighted by atomic mass is 79.9. The van der Waals surface area contributed by atoms with Crippen LogP contribution in [-0.2, 0) is 0 Å². The molecule has 0 radical (unpaired) electrons. The smallest absolute Gasteiger partial charge is 0.258 e. The van der Waals surface area contributed by atoms with E-state index >= 15 is 0 Å². The van der Waals surface area contributed by atoms with Gasteiger partial charge >= 0.3 is 0 Å². The minimum atomic E-state index is -0.528. The van der Waals surface area contributed by atoms with E-state index < -0.39 is 11.6 Å². The number of rotatable bonds is 3. The number of halogens is 2. The molecule has 14 heavy (non-hydrogen) atoms. The predicted octanol–water partition coefficient (Wildman–Crippen LogP) is 3.43. The predicted molar refractivity (Wildman–Crippen MR) is 55.2 cm³/mol. The van der Waals surface area contributed by atoms with E-state index in [0.29, 0.717) is 10.0 Å². The highest BCUT2D eigenvalue weighted by Crippen LogP contribution is 2.28. The maximum Gasteiger partial charge on any atom is 0.269 e. The first-order chi connectivity index (χ1) is 6.56. The number of alkyl halides is 1. The molecule has 0 aliphatic heterocycles. The minimum Gasteiger partial charge on any atom is -0.258 e. The third kappa shape index (κ3) is 2.29. The van der Waals surface area contributed by atoms with Gasteiger partial charge in [-0.15, -0.1) is 0 Å². The lowest BCUT2D eigenvalue weighted by Gasteiger charge is -2.08. The Hall–Kier alpha value is -0.970. The van der Waals surface area contributed by atoms with Crippen molar-refractivity contribution in [3.63, 3.8) is 0 Å². The number of nitrogens with zero attached hydrogens (tertiary/aromatic N) is 1. The molecule has 0 amide bonds. The Labute approximate surface area is 89.2 Å². The second-order valence-corrected chi connectivity index (χ2v) is 3.87. The van der Waals surface area contributed by atoms with Crippen LogP contribution >= 0.6 is 15.9 Å². The summed E-state index contributed by atoms with van der Waals surface area (Å²) in [6.07, 6.45) is 0. The van der Waals surface area contributed by atoms with Crippen molar-refractivity contribution in [1.82, 2.24) is 0 Å². The first-order valence-corrected chi connectivity index (χ1v) is 4.85. The molecule has 0 fully saturated rings. The topological polar surface area (TPSA) is 43.1 Å². The van der Waals surface area contributed by atoms with Crippen molar-refractivity contribution in [2.24, 2.45) is 0 Å². The van der Waals surface area contributed by atoms with Gasteiger partial charge in [0.1, 0.15) is 0 Å². The molecular weight excluding hydrogens is 253 g/mol. The fraction of sp³-hybridized carbons (Fsp3) is 0.333. The van der Waals surface area contributed by atoms with Gasteiger partial charge in [-0.3, -0.25) is 14.5 Å². The van der Waals surface area contributed by atoms with Gasteiger partial charge in [0, 0.05) is 22.5 Å². The van der Waals surface area contributed by atoms with E-state index in [1.54, 1.807) is 13.0 Å². The standard InChI is InChI=1S/C9H9BrFNO2/c1-6(5-11)8-4-7(12(13)14)2-3-9(8)10/h2-4,6H,5H2,1H3. The summed E-state index contributed by atoms with van der Waals surface area (Å²) in [6, 6.07) is 4.35. The summed E-state index contributed by atoms with van der Waals surface area (Å²) in [6.45, 7) is 1.16. The number of hydrogen-bond acceptors (Lipinski definition) is 2. The van der Waals surface area contributed by atoms with Crippen LogP contribution in [0.2, 0.25) is 0 Å². The normalized spacial score (nSPS) is 12.5. The lowest BCUT2D eigenvalue weighted by molar-refractivity contribution is -0.384. The molecule has 0 aliphatic rings.